The summed E-state index contributed by atoms with van der Waals surface area (Å²) in [5, 5.41) is 4.33. The second-order valence-electron chi connectivity index (χ2n) is 8.14. The van der Waals surface area contributed by atoms with Crippen molar-refractivity contribution >= 4 is 51.9 Å². The monoisotopic (exact) mass is 474 g/mol. The number of thiocarbonyl (C=S) groups is 1. The van der Waals surface area contributed by atoms with Crippen molar-refractivity contribution in [2.75, 3.05) is 23.4 Å². The van der Waals surface area contributed by atoms with E-state index in [0.717, 1.165) is 41.9 Å². The van der Waals surface area contributed by atoms with Crippen molar-refractivity contribution in [3.05, 3.63) is 94.5 Å². The fourth-order valence-electron chi connectivity index (χ4n) is 4.41. The number of nitrogens with one attached hydrogen (secondary N) is 1. The van der Waals surface area contributed by atoms with Gasteiger partial charge in [-0.25, -0.2) is 4.99 Å². The van der Waals surface area contributed by atoms with Gasteiger partial charge in [0, 0.05) is 35.4 Å². The number of nitrogens with zero attached hydrogens (tertiary/aromatic N) is 3. The fourth-order valence-corrected chi connectivity index (χ4v) is 4.88. The lowest BCUT2D eigenvalue weighted by molar-refractivity contribution is -0.119. The fraction of sp³-hybridized carbons (Fsp3) is 0.192. The highest BCUT2D eigenvalue weighted by atomic mass is 35.5. The van der Waals surface area contributed by atoms with Crippen molar-refractivity contribution in [1.82, 2.24) is 5.32 Å². The molecular weight excluding hydrogens is 452 g/mol. The van der Waals surface area contributed by atoms with Gasteiger partial charge in [0.2, 0.25) is 6.17 Å². The van der Waals surface area contributed by atoms with Gasteiger partial charge in [0.15, 0.2) is 5.11 Å². The molecule has 166 valence electrons. The quantitative estimate of drug-likeness (QED) is 0.541. The summed E-state index contributed by atoms with van der Waals surface area (Å²) in [4.78, 5) is 22.1. The summed E-state index contributed by atoms with van der Waals surface area (Å²) in [5.41, 5.74) is 5.51. The van der Waals surface area contributed by atoms with Crippen molar-refractivity contribution in [3.8, 4) is 0 Å². The highest BCUT2D eigenvalue weighted by Gasteiger charge is 2.32. The maximum Gasteiger partial charge on any atom is 0.272 e. The predicted octanol–water partition coefficient (Wildman–Crippen LogP) is 4.81. The number of benzene rings is 3. The number of likely N-dealkylation sites (N-methyl/N-ethyl adjacent to an activating group) is 1. The zero-order valence-electron chi connectivity index (χ0n) is 18.2. The summed E-state index contributed by atoms with van der Waals surface area (Å²) >= 11 is 12.1. The van der Waals surface area contributed by atoms with Gasteiger partial charge in [-0.15, -0.1) is 0 Å². The molecule has 7 heteroatoms. The van der Waals surface area contributed by atoms with Crippen molar-refractivity contribution in [2.45, 2.75) is 19.0 Å². The molecule has 1 N–H and O–H groups in total. The Morgan fingerprint density at radius 2 is 1.82 bits per heavy atom. The van der Waals surface area contributed by atoms with E-state index in [-0.39, 0.29) is 5.91 Å². The number of amides is 1. The molecule has 0 aromatic heterocycles. The Hall–Kier alpha value is -3.22. The molecule has 33 heavy (non-hydrogen) atoms. The van der Waals surface area contributed by atoms with Gasteiger partial charge in [0.05, 0.1) is 11.4 Å². The van der Waals surface area contributed by atoms with E-state index in [4.69, 9.17) is 28.8 Å². The third-order valence-corrected chi connectivity index (χ3v) is 6.63. The Balaban J connectivity index is 1.55. The number of hydrogen-bond donors (Lipinski definition) is 1. The van der Waals surface area contributed by atoms with E-state index in [1.807, 2.05) is 54.6 Å². The second kappa shape index (κ2) is 8.96. The predicted molar refractivity (Wildman–Crippen MR) is 139 cm³/mol. The van der Waals surface area contributed by atoms with Gasteiger partial charge in [-0.1, -0.05) is 60.1 Å². The lowest BCUT2D eigenvalue weighted by Crippen LogP contribution is -2.51. The smallest absolute Gasteiger partial charge is 0.272 e. The van der Waals surface area contributed by atoms with E-state index in [9.17, 15) is 4.79 Å². The Bertz CT molecular complexity index is 1260. The van der Waals surface area contributed by atoms with Gasteiger partial charge in [0.25, 0.3) is 5.91 Å². The average molecular weight is 475 g/mol. The van der Waals surface area contributed by atoms with Crippen LogP contribution in [0.2, 0.25) is 5.02 Å². The molecule has 3 aromatic rings. The minimum absolute atomic E-state index is 0.183. The first-order chi connectivity index (χ1) is 16.0. The molecule has 1 amide bonds. The van der Waals surface area contributed by atoms with Crippen LogP contribution in [-0.2, 0) is 11.2 Å². The van der Waals surface area contributed by atoms with Crippen molar-refractivity contribution in [1.29, 1.82) is 0 Å². The van der Waals surface area contributed by atoms with E-state index in [2.05, 4.69) is 22.3 Å². The van der Waals surface area contributed by atoms with Gasteiger partial charge in [-0.05, 0) is 54.9 Å². The zero-order chi connectivity index (χ0) is 22.9. The van der Waals surface area contributed by atoms with Gasteiger partial charge >= 0.3 is 0 Å². The third kappa shape index (κ3) is 4.12. The molecule has 2 aliphatic rings. The first kappa shape index (κ1) is 21.6. The van der Waals surface area contributed by atoms with Crippen LogP contribution in [0.5, 0.6) is 0 Å². The molecule has 3 aromatic carbocycles. The van der Waals surface area contributed by atoms with Crippen LogP contribution in [0.1, 0.15) is 23.1 Å². The number of halogens is 1. The van der Waals surface area contributed by atoms with Gasteiger partial charge in [-0.3, -0.25) is 4.79 Å². The van der Waals surface area contributed by atoms with Gasteiger partial charge in [-0.2, -0.15) is 0 Å². The number of hydrogen-bond acceptors (Lipinski definition) is 3. The molecule has 2 aliphatic heterocycles. The highest BCUT2D eigenvalue weighted by Crippen LogP contribution is 2.31. The standard InChI is InChI=1S/C26H23ClN4OS/c1-30-22-14-13-19(27)16-20(22)23(18-9-3-2-4-10-18)28-24(25(30)32)29-26(33)31-15-7-11-17-8-5-6-12-21(17)31/h2-6,8-10,12-14,16,24H,7,11,15H2,1H3,(H,29,33). The molecule has 1 unspecified atom stereocenters. The molecule has 0 fully saturated rings. The number of benzodiazepines with no additional fused rings is 1. The zero-order valence-corrected chi connectivity index (χ0v) is 19.7. The summed E-state index contributed by atoms with van der Waals surface area (Å²) in [7, 11) is 1.76. The van der Waals surface area contributed by atoms with Crippen molar-refractivity contribution in [2.24, 2.45) is 4.99 Å². The lowest BCUT2D eigenvalue weighted by Gasteiger charge is -2.33. The van der Waals surface area contributed by atoms with Crippen LogP contribution in [-0.4, -0.2) is 36.5 Å². The van der Waals surface area contributed by atoms with Crippen LogP contribution in [0.3, 0.4) is 0 Å². The minimum atomic E-state index is -0.863. The number of aliphatic imine (C=N–C) groups is 1. The van der Waals surface area contributed by atoms with E-state index in [0.29, 0.717) is 15.8 Å². The van der Waals surface area contributed by atoms with E-state index in [1.165, 1.54) is 5.56 Å². The Morgan fingerprint density at radius 1 is 1.06 bits per heavy atom. The number of para-hydroxylation sites is 1. The minimum Gasteiger partial charge on any atom is -0.333 e. The van der Waals surface area contributed by atoms with Crippen LogP contribution >= 0.6 is 23.8 Å². The largest absolute Gasteiger partial charge is 0.333 e. The van der Waals surface area contributed by atoms with Crippen LogP contribution in [0.15, 0.2) is 77.8 Å². The first-order valence-electron chi connectivity index (χ1n) is 10.9. The van der Waals surface area contributed by atoms with Crippen molar-refractivity contribution < 1.29 is 4.79 Å². The maximum absolute atomic E-state index is 13.5. The SMILES string of the molecule is CN1C(=O)C(NC(=S)N2CCCc3ccccc32)N=C(c2ccccc2)c2cc(Cl)ccc21. The number of carbonyl (C=O) groups excluding carboxylic acids is 1. The molecule has 0 radical (unpaired) electrons. The van der Waals surface area contributed by atoms with Gasteiger partial charge in [0.1, 0.15) is 0 Å². The molecule has 0 saturated carbocycles. The van der Waals surface area contributed by atoms with Gasteiger partial charge < -0.3 is 15.1 Å². The molecule has 5 rings (SSSR count). The summed E-state index contributed by atoms with van der Waals surface area (Å²) in [6, 6.07) is 23.6. The maximum atomic E-state index is 13.5. The van der Waals surface area contributed by atoms with Crippen LogP contribution < -0.4 is 15.1 Å². The lowest BCUT2D eigenvalue weighted by atomic mass is 10.0. The first-order valence-corrected chi connectivity index (χ1v) is 11.7. The molecule has 0 bridgehead atoms. The molecule has 0 saturated heterocycles. The van der Waals surface area contributed by atoms with Crippen LogP contribution in [0, 0.1) is 0 Å². The summed E-state index contributed by atoms with van der Waals surface area (Å²) < 4.78 is 0. The Labute approximate surface area is 203 Å². The van der Waals surface area contributed by atoms with E-state index >= 15 is 0 Å². The number of rotatable bonds is 2. The Morgan fingerprint density at radius 3 is 2.64 bits per heavy atom. The van der Waals surface area contributed by atoms with Crippen LogP contribution in [0.4, 0.5) is 11.4 Å². The highest BCUT2D eigenvalue weighted by molar-refractivity contribution is 7.80. The molecule has 5 nitrogen and oxygen atoms in total. The molecule has 0 aliphatic carbocycles. The number of fused-ring (bicyclic) bond motifs is 2. The third-order valence-electron chi connectivity index (χ3n) is 6.06. The van der Waals surface area contributed by atoms with E-state index < -0.39 is 6.17 Å². The molecule has 2 heterocycles. The summed E-state index contributed by atoms with van der Waals surface area (Å²) in [5.74, 6) is -0.183. The normalized spacial score (nSPS) is 17.6. The number of carbonyl (C=O) groups is 1. The topological polar surface area (TPSA) is 47.9 Å². The molecule has 0 spiro atoms. The molecular formula is C26H23ClN4OS. The van der Waals surface area contributed by atoms with Crippen LogP contribution in [0.25, 0.3) is 0 Å². The average Bonchev–Trinajstić information content (AvgIpc) is 2.94. The summed E-state index contributed by atoms with van der Waals surface area (Å²) in [6.45, 7) is 0.796. The number of aryl methyl sites for hydroxylation is 1. The number of anilines is 2. The second-order valence-corrected chi connectivity index (χ2v) is 8.96. The van der Waals surface area contributed by atoms with Crippen molar-refractivity contribution in [3.63, 3.8) is 0 Å². The molecule has 1 atom stereocenters. The van der Waals surface area contributed by atoms with E-state index in [1.54, 1.807) is 18.0 Å². The Kier molecular flexibility index (Phi) is 5.87. The summed E-state index contributed by atoms with van der Waals surface area (Å²) in [6.07, 6.45) is 1.16.